The van der Waals surface area contributed by atoms with Crippen molar-refractivity contribution in [3.05, 3.63) is 78.5 Å². The van der Waals surface area contributed by atoms with Crippen molar-refractivity contribution in [2.75, 3.05) is 0 Å². The number of fused-ring (bicyclic) bond motifs is 1. The summed E-state index contributed by atoms with van der Waals surface area (Å²) in [7, 11) is 0. The molecule has 2 heterocycles. The van der Waals surface area contributed by atoms with E-state index < -0.39 is 11.7 Å². The smallest absolute Gasteiger partial charge is 0.253 e. The molecule has 0 unspecified atom stereocenters. The Kier molecular flexibility index (Phi) is 3.88. The molecule has 0 N–H and O–H groups in total. The molecule has 0 bridgehead atoms. The minimum atomic E-state index is -4.48. The van der Waals surface area contributed by atoms with E-state index in [-0.39, 0.29) is 0 Å². The molecule has 0 fully saturated rings. The van der Waals surface area contributed by atoms with E-state index in [4.69, 9.17) is 0 Å². The van der Waals surface area contributed by atoms with Crippen LogP contribution in [-0.4, -0.2) is 15.2 Å². The van der Waals surface area contributed by atoms with Crippen LogP contribution in [0.4, 0.5) is 13.2 Å². The van der Waals surface area contributed by atoms with Gasteiger partial charge in [-0.15, -0.1) is 10.2 Å². The molecule has 6 heteroatoms. The van der Waals surface area contributed by atoms with Crippen LogP contribution in [0.15, 0.2) is 72.9 Å². The predicted molar refractivity (Wildman–Crippen MR) is 93.2 cm³/mol. The fraction of sp³-hybridized carbons (Fsp3) is 0.0500. The van der Waals surface area contributed by atoms with Crippen molar-refractivity contribution in [3.63, 3.8) is 0 Å². The molecule has 3 nitrogen and oxygen atoms in total. The van der Waals surface area contributed by atoms with Crippen LogP contribution in [0.5, 0.6) is 0 Å². The molecule has 0 spiro atoms. The molecule has 0 aliphatic heterocycles. The SMILES string of the molecule is FC(F)(F)c1cnc2c(-c3ccccc3)nnc(-c3ccccc3)c2c1. The zero-order valence-electron chi connectivity index (χ0n) is 13.4. The number of alkyl halides is 3. The molecule has 0 amide bonds. The lowest BCUT2D eigenvalue weighted by Gasteiger charge is -2.12. The lowest BCUT2D eigenvalue weighted by atomic mass is 10.0. The maximum Gasteiger partial charge on any atom is 0.417 e. The van der Waals surface area contributed by atoms with Crippen LogP contribution in [0.1, 0.15) is 5.56 Å². The molecule has 0 atom stereocenters. The van der Waals surface area contributed by atoms with Gasteiger partial charge in [0, 0.05) is 22.7 Å². The topological polar surface area (TPSA) is 38.7 Å². The number of rotatable bonds is 2. The summed E-state index contributed by atoms with van der Waals surface area (Å²) < 4.78 is 39.6. The Labute approximate surface area is 147 Å². The van der Waals surface area contributed by atoms with E-state index in [0.717, 1.165) is 17.8 Å². The highest BCUT2D eigenvalue weighted by Crippen LogP contribution is 2.35. The Morgan fingerprint density at radius 1 is 0.692 bits per heavy atom. The second kappa shape index (κ2) is 6.22. The van der Waals surface area contributed by atoms with Crippen molar-refractivity contribution in [3.8, 4) is 22.5 Å². The third-order valence-electron chi connectivity index (χ3n) is 4.04. The van der Waals surface area contributed by atoms with Gasteiger partial charge in [0.2, 0.25) is 0 Å². The Hall–Kier alpha value is -3.28. The van der Waals surface area contributed by atoms with Gasteiger partial charge in [-0.1, -0.05) is 60.7 Å². The van der Waals surface area contributed by atoms with E-state index in [2.05, 4.69) is 15.2 Å². The van der Waals surface area contributed by atoms with E-state index in [1.165, 1.54) is 0 Å². The molecule has 0 saturated carbocycles. The summed E-state index contributed by atoms with van der Waals surface area (Å²) in [4.78, 5) is 4.09. The van der Waals surface area contributed by atoms with E-state index in [1.54, 1.807) is 24.3 Å². The van der Waals surface area contributed by atoms with Gasteiger partial charge in [-0.3, -0.25) is 4.98 Å². The second-order valence-electron chi connectivity index (χ2n) is 5.75. The van der Waals surface area contributed by atoms with Gasteiger partial charge in [0.25, 0.3) is 0 Å². The van der Waals surface area contributed by atoms with Gasteiger partial charge in [-0.25, -0.2) is 0 Å². The van der Waals surface area contributed by atoms with Gasteiger partial charge in [0.1, 0.15) is 16.9 Å². The largest absolute Gasteiger partial charge is 0.417 e. The van der Waals surface area contributed by atoms with Crippen LogP contribution in [-0.2, 0) is 6.18 Å². The Morgan fingerprint density at radius 3 is 1.81 bits per heavy atom. The molecule has 2 aromatic heterocycles. The quantitative estimate of drug-likeness (QED) is 0.487. The molecule has 128 valence electrons. The number of nitrogens with zero attached hydrogens (tertiary/aromatic N) is 3. The van der Waals surface area contributed by atoms with Crippen molar-refractivity contribution in [2.45, 2.75) is 6.18 Å². The number of benzene rings is 2. The minimum Gasteiger partial charge on any atom is -0.253 e. The van der Waals surface area contributed by atoms with Crippen LogP contribution >= 0.6 is 0 Å². The second-order valence-corrected chi connectivity index (χ2v) is 5.75. The van der Waals surface area contributed by atoms with Crippen molar-refractivity contribution in [1.29, 1.82) is 0 Å². The first kappa shape index (κ1) is 16.2. The highest BCUT2D eigenvalue weighted by Gasteiger charge is 2.32. The van der Waals surface area contributed by atoms with Crippen molar-refractivity contribution >= 4 is 10.9 Å². The maximum absolute atomic E-state index is 13.2. The Bertz CT molecular complexity index is 1060. The summed E-state index contributed by atoms with van der Waals surface area (Å²) in [5.41, 5.74) is 1.84. The first-order chi connectivity index (χ1) is 12.5. The van der Waals surface area contributed by atoms with E-state index in [0.29, 0.717) is 27.9 Å². The van der Waals surface area contributed by atoms with Crippen LogP contribution in [0.25, 0.3) is 33.4 Å². The third-order valence-corrected chi connectivity index (χ3v) is 4.04. The molecule has 0 aliphatic carbocycles. The highest BCUT2D eigenvalue weighted by molar-refractivity contribution is 5.99. The van der Waals surface area contributed by atoms with Gasteiger partial charge in [0.05, 0.1) is 5.56 Å². The van der Waals surface area contributed by atoms with Crippen LogP contribution in [0.3, 0.4) is 0 Å². The fourth-order valence-electron chi connectivity index (χ4n) is 2.79. The lowest BCUT2D eigenvalue weighted by molar-refractivity contribution is -0.137. The molecule has 0 radical (unpaired) electrons. The Morgan fingerprint density at radius 2 is 1.23 bits per heavy atom. The van der Waals surface area contributed by atoms with Crippen molar-refractivity contribution < 1.29 is 13.2 Å². The lowest BCUT2D eigenvalue weighted by Crippen LogP contribution is -2.06. The number of aromatic nitrogens is 3. The number of halogens is 3. The summed E-state index contributed by atoms with van der Waals surface area (Å²) in [6.07, 6.45) is -3.64. The van der Waals surface area contributed by atoms with Crippen molar-refractivity contribution in [1.82, 2.24) is 15.2 Å². The van der Waals surface area contributed by atoms with Gasteiger partial charge >= 0.3 is 6.18 Å². The average molecular weight is 351 g/mol. The Balaban J connectivity index is 2.04. The third kappa shape index (κ3) is 2.90. The summed E-state index contributed by atoms with van der Waals surface area (Å²) in [5, 5.41) is 8.79. The van der Waals surface area contributed by atoms with Gasteiger partial charge in [-0.2, -0.15) is 13.2 Å². The van der Waals surface area contributed by atoms with E-state index in [9.17, 15) is 13.2 Å². The van der Waals surface area contributed by atoms with Crippen molar-refractivity contribution in [2.24, 2.45) is 0 Å². The zero-order valence-corrected chi connectivity index (χ0v) is 13.4. The summed E-state index contributed by atoms with van der Waals surface area (Å²) in [5.74, 6) is 0. The van der Waals surface area contributed by atoms with Crippen LogP contribution < -0.4 is 0 Å². The molecule has 4 rings (SSSR count). The van der Waals surface area contributed by atoms with Gasteiger partial charge in [0.15, 0.2) is 0 Å². The molecule has 4 aromatic rings. The molecule has 2 aromatic carbocycles. The summed E-state index contributed by atoms with van der Waals surface area (Å²) in [6.45, 7) is 0. The maximum atomic E-state index is 13.2. The van der Waals surface area contributed by atoms with E-state index >= 15 is 0 Å². The number of pyridine rings is 1. The van der Waals surface area contributed by atoms with Crippen LogP contribution in [0, 0.1) is 0 Å². The molecular weight excluding hydrogens is 339 g/mol. The molecule has 0 saturated heterocycles. The van der Waals surface area contributed by atoms with Crippen LogP contribution in [0.2, 0.25) is 0 Å². The standard InChI is InChI=1S/C20H12F3N3/c21-20(22,23)15-11-16-17(13-7-3-1-4-8-13)25-26-18(19(16)24-12-15)14-9-5-2-6-10-14/h1-12H. The highest BCUT2D eigenvalue weighted by atomic mass is 19.4. The van der Waals surface area contributed by atoms with Gasteiger partial charge < -0.3 is 0 Å². The molecular formula is C20H12F3N3. The molecule has 26 heavy (non-hydrogen) atoms. The first-order valence-electron chi connectivity index (χ1n) is 7.88. The predicted octanol–water partition coefficient (Wildman–Crippen LogP) is 5.38. The number of hydrogen-bond donors (Lipinski definition) is 0. The normalized spacial score (nSPS) is 11.7. The zero-order chi connectivity index (χ0) is 18.1. The minimum absolute atomic E-state index is 0.319. The molecule has 0 aliphatic rings. The summed E-state index contributed by atoms with van der Waals surface area (Å²) >= 11 is 0. The van der Waals surface area contributed by atoms with Gasteiger partial charge in [-0.05, 0) is 6.07 Å². The first-order valence-corrected chi connectivity index (χ1v) is 7.88. The monoisotopic (exact) mass is 351 g/mol. The average Bonchev–Trinajstić information content (AvgIpc) is 2.67. The fourth-order valence-corrected chi connectivity index (χ4v) is 2.79. The van der Waals surface area contributed by atoms with E-state index in [1.807, 2.05) is 36.4 Å². The number of hydrogen-bond acceptors (Lipinski definition) is 3. The summed E-state index contributed by atoms with van der Waals surface area (Å²) in [6, 6.07) is 19.3.